The molecule has 5 aromatic rings. The van der Waals surface area contributed by atoms with Crippen LogP contribution in [0.25, 0.3) is 22.3 Å². The zero-order valence-electron chi connectivity index (χ0n) is 24.3. The third-order valence-corrected chi connectivity index (χ3v) is 8.98. The third kappa shape index (κ3) is 6.54. The fraction of sp³-hybridized carbons (Fsp3) is 0.219. The quantitative estimate of drug-likeness (QED) is 0.153. The lowest BCUT2D eigenvalue weighted by molar-refractivity contribution is 0.187. The highest BCUT2D eigenvalue weighted by molar-refractivity contribution is 7.62. The Labute approximate surface area is 253 Å². The number of benzene rings is 3. The molecule has 12 heteroatoms. The van der Waals surface area contributed by atoms with Gasteiger partial charge in [-0.15, -0.1) is 0 Å². The molecule has 0 atom stereocenters. The number of imidazole rings is 1. The number of nitrogens with zero attached hydrogens (tertiary/aromatic N) is 4. The van der Waals surface area contributed by atoms with Gasteiger partial charge in [0.2, 0.25) is 5.88 Å². The molecule has 0 unspecified atom stereocenters. The molecule has 0 spiro atoms. The monoisotopic (exact) mass is 618 g/mol. The molecule has 0 radical (unpaired) electrons. The molecule has 0 aliphatic heterocycles. The van der Waals surface area contributed by atoms with Crippen molar-refractivity contribution in [3.63, 3.8) is 0 Å². The Kier molecular flexibility index (Phi) is 9.47. The molecule has 0 aliphatic carbocycles. The second kappa shape index (κ2) is 13.5. The molecule has 3 aromatic carbocycles. The van der Waals surface area contributed by atoms with Gasteiger partial charge < -0.3 is 23.1 Å². The topological polar surface area (TPSA) is 108 Å². The highest BCUT2D eigenvalue weighted by atomic mass is 31.2. The summed E-state index contributed by atoms with van der Waals surface area (Å²) in [4.78, 5) is 9.19. The number of rotatable bonds is 12. The SMILES string of the molecule is COCCn1c(Cc2ccc(-c3cccc(OCc4ccc(C#N)cc4F)n3)cc2F)nc2ccc(P(=O)(OC)OC)cc21. The van der Waals surface area contributed by atoms with E-state index in [4.69, 9.17) is 28.8 Å². The number of hydrogen-bond acceptors (Lipinski definition) is 8. The molecule has 0 N–H and O–H groups in total. The summed E-state index contributed by atoms with van der Waals surface area (Å²) in [5.41, 5.74) is 3.29. The minimum Gasteiger partial charge on any atom is -0.473 e. The first-order chi connectivity index (χ1) is 21.3. The minimum atomic E-state index is -3.49. The van der Waals surface area contributed by atoms with Gasteiger partial charge in [-0.3, -0.25) is 4.57 Å². The molecule has 44 heavy (non-hydrogen) atoms. The first-order valence-electron chi connectivity index (χ1n) is 13.6. The molecule has 0 fully saturated rings. The van der Waals surface area contributed by atoms with Crippen molar-refractivity contribution in [3.8, 4) is 23.2 Å². The van der Waals surface area contributed by atoms with Crippen molar-refractivity contribution in [2.75, 3.05) is 27.9 Å². The van der Waals surface area contributed by atoms with Crippen molar-refractivity contribution in [2.45, 2.75) is 19.6 Å². The molecular formula is C32H29F2N4O5P. The van der Waals surface area contributed by atoms with E-state index in [2.05, 4.69) is 4.98 Å². The Balaban J connectivity index is 1.38. The summed E-state index contributed by atoms with van der Waals surface area (Å²) >= 11 is 0. The first kappa shape index (κ1) is 31.0. The van der Waals surface area contributed by atoms with Gasteiger partial charge in [-0.2, -0.15) is 5.26 Å². The molecule has 226 valence electrons. The maximum Gasteiger partial charge on any atom is 0.360 e. The van der Waals surface area contributed by atoms with Gasteiger partial charge in [-0.25, -0.2) is 18.7 Å². The van der Waals surface area contributed by atoms with E-state index < -0.39 is 19.2 Å². The molecule has 0 saturated heterocycles. The van der Waals surface area contributed by atoms with E-state index in [9.17, 15) is 8.96 Å². The second-order valence-electron chi connectivity index (χ2n) is 9.76. The van der Waals surface area contributed by atoms with Gasteiger partial charge in [0, 0.05) is 51.5 Å². The molecule has 9 nitrogen and oxygen atoms in total. The van der Waals surface area contributed by atoms with Gasteiger partial charge >= 0.3 is 7.60 Å². The van der Waals surface area contributed by atoms with E-state index in [1.807, 2.05) is 10.6 Å². The predicted octanol–water partition coefficient (Wildman–Crippen LogP) is 6.18. The Morgan fingerprint density at radius 2 is 1.68 bits per heavy atom. The second-order valence-corrected chi connectivity index (χ2v) is 12.0. The fourth-order valence-electron chi connectivity index (χ4n) is 4.75. The number of nitriles is 1. The Bertz CT molecular complexity index is 1900. The number of hydrogen-bond donors (Lipinski definition) is 0. The number of aromatic nitrogens is 3. The number of methoxy groups -OCH3 is 1. The van der Waals surface area contributed by atoms with Gasteiger partial charge in [0.25, 0.3) is 0 Å². The van der Waals surface area contributed by atoms with E-state index in [-0.39, 0.29) is 30.0 Å². The first-order valence-corrected chi connectivity index (χ1v) is 15.1. The largest absolute Gasteiger partial charge is 0.473 e. The Hall–Kier alpha value is -4.46. The van der Waals surface area contributed by atoms with Crippen LogP contribution < -0.4 is 10.0 Å². The van der Waals surface area contributed by atoms with Crippen molar-refractivity contribution in [3.05, 3.63) is 107 Å². The Morgan fingerprint density at radius 1 is 0.909 bits per heavy atom. The maximum absolute atomic E-state index is 15.5. The average Bonchev–Trinajstić information content (AvgIpc) is 3.39. The number of halogens is 2. The van der Waals surface area contributed by atoms with Gasteiger partial charge in [-0.05, 0) is 48.0 Å². The van der Waals surface area contributed by atoms with Crippen LogP contribution in [0.3, 0.4) is 0 Å². The van der Waals surface area contributed by atoms with Crippen LogP contribution in [0.5, 0.6) is 5.88 Å². The summed E-state index contributed by atoms with van der Waals surface area (Å²) in [6.07, 6.45) is 0.193. The van der Waals surface area contributed by atoms with Gasteiger partial charge in [-0.1, -0.05) is 24.3 Å². The minimum absolute atomic E-state index is 0.0820. The summed E-state index contributed by atoms with van der Waals surface area (Å²) in [6, 6.07) is 21.1. The maximum atomic E-state index is 15.5. The number of ether oxygens (including phenoxy) is 2. The molecule has 2 heterocycles. The standard InChI is InChI=1S/C32H29F2N4O5P/c1-40-14-13-38-30-18-25(44(39,41-2)42-3)11-12-29(30)36-31(38)17-22-9-10-23(16-27(22)34)28-5-4-6-32(37-28)43-20-24-8-7-21(19-35)15-26(24)33/h4-12,15-16,18H,13-14,17,20H2,1-3H3. The van der Waals surface area contributed by atoms with Gasteiger partial charge in [0.1, 0.15) is 24.1 Å². The van der Waals surface area contributed by atoms with Crippen LogP contribution in [-0.4, -0.2) is 42.5 Å². The molecule has 2 aromatic heterocycles. The lowest BCUT2D eigenvalue weighted by atomic mass is 10.1. The third-order valence-electron chi connectivity index (χ3n) is 7.11. The molecular weight excluding hydrogens is 589 g/mol. The van der Waals surface area contributed by atoms with E-state index in [1.54, 1.807) is 55.6 Å². The van der Waals surface area contributed by atoms with E-state index >= 15 is 4.39 Å². The number of fused-ring (bicyclic) bond motifs is 1. The van der Waals surface area contributed by atoms with Crippen LogP contribution in [-0.2, 0) is 37.9 Å². The highest BCUT2D eigenvalue weighted by Gasteiger charge is 2.26. The smallest absolute Gasteiger partial charge is 0.360 e. The summed E-state index contributed by atoms with van der Waals surface area (Å²) in [5.74, 6) is -0.133. The van der Waals surface area contributed by atoms with E-state index in [0.29, 0.717) is 52.1 Å². The lowest BCUT2D eigenvalue weighted by Gasteiger charge is -2.14. The molecule has 0 aliphatic rings. The Morgan fingerprint density at radius 3 is 2.39 bits per heavy atom. The average molecular weight is 619 g/mol. The molecule has 5 rings (SSSR count). The van der Waals surface area contributed by atoms with Crippen LogP contribution in [0.15, 0.2) is 72.8 Å². The van der Waals surface area contributed by atoms with Crippen molar-refractivity contribution in [1.82, 2.24) is 14.5 Å². The van der Waals surface area contributed by atoms with E-state index in [1.165, 1.54) is 32.4 Å². The summed E-state index contributed by atoms with van der Waals surface area (Å²) in [6.45, 7) is 0.748. The summed E-state index contributed by atoms with van der Waals surface area (Å²) in [5, 5.41) is 9.31. The van der Waals surface area contributed by atoms with Crippen molar-refractivity contribution < 1.29 is 31.9 Å². The zero-order chi connectivity index (χ0) is 31.3. The number of pyridine rings is 1. The van der Waals surface area contributed by atoms with Crippen LogP contribution in [0.2, 0.25) is 0 Å². The highest BCUT2D eigenvalue weighted by Crippen LogP contribution is 2.45. The molecule has 0 bridgehead atoms. The van der Waals surface area contributed by atoms with Gasteiger partial charge in [0.05, 0.1) is 40.3 Å². The van der Waals surface area contributed by atoms with Crippen LogP contribution in [0.4, 0.5) is 8.78 Å². The van der Waals surface area contributed by atoms with Crippen molar-refractivity contribution >= 4 is 23.9 Å². The van der Waals surface area contributed by atoms with Gasteiger partial charge in [0.15, 0.2) is 0 Å². The lowest BCUT2D eigenvalue weighted by Crippen LogP contribution is -2.11. The van der Waals surface area contributed by atoms with E-state index in [0.717, 1.165) is 6.07 Å². The fourth-order valence-corrected chi connectivity index (χ4v) is 5.85. The predicted molar refractivity (Wildman–Crippen MR) is 161 cm³/mol. The van der Waals surface area contributed by atoms with Crippen LogP contribution >= 0.6 is 7.60 Å². The van der Waals surface area contributed by atoms with Crippen molar-refractivity contribution in [2.24, 2.45) is 0 Å². The van der Waals surface area contributed by atoms with Crippen LogP contribution in [0.1, 0.15) is 22.5 Å². The summed E-state index contributed by atoms with van der Waals surface area (Å²) < 4.78 is 65.9. The van der Waals surface area contributed by atoms with Crippen molar-refractivity contribution in [1.29, 1.82) is 5.26 Å². The normalized spacial score (nSPS) is 11.5. The zero-order valence-corrected chi connectivity index (χ0v) is 25.2. The summed E-state index contributed by atoms with van der Waals surface area (Å²) in [7, 11) is 0.753. The van der Waals surface area contributed by atoms with Crippen LogP contribution in [0, 0.1) is 23.0 Å². The molecule has 0 saturated carbocycles. The molecule has 0 amide bonds.